The molecule has 19 heavy (non-hydrogen) atoms. The highest BCUT2D eigenvalue weighted by molar-refractivity contribution is 9.11. The molecule has 0 saturated heterocycles. The summed E-state index contributed by atoms with van der Waals surface area (Å²) in [5.74, 6) is -0.791. The second kappa shape index (κ2) is 5.58. The van der Waals surface area contributed by atoms with Gasteiger partial charge in [-0.1, -0.05) is 15.9 Å². The lowest BCUT2D eigenvalue weighted by Crippen LogP contribution is -2.06. The molecule has 5 nitrogen and oxygen atoms in total. The van der Waals surface area contributed by atoms with Crippen molar-refractivity contribution >= 4 is 55.0 Å². The molecule has 0 aliphatic heterocycles. The predicted molar refractivity (Wildman–Crippen MR) is 80.7 cm³/mol. The third-order valence-corrected chi connectivity index (χ3v) is 3.48. The smallest absolute Gasteiger partial charge is 0.354 e. The van der Waals surface area contributed by atoms with Crippen molar-refractivity contribution in [3.63, 3.8) is 0 Å². The van der Waals surface area contributed by atoms with Crippen LogP contribution >= 0.6 is 31.9 Å². The van der Waals surface area contributed by atoms with Crippen molar-refractivity contribution < 1.29 is 9.90 Å². The summed E-state index contributed by atoms with van der Waals surface area (Å²) in [5.41, 5.74) is 6.83. The van der Waals surface area contributed by atoms with Gasteiger partial charge < -0.3 is 16.2 Å². The summed E-state index contributed by atoms with van der Waals surface area (Å²) in [5, 5.41) is 11.9. The molecule has 0 radical (unpaired) electrons. The first-order chi connectivity index (χ1) is 8.97. The van der Waals surface area contributed by atoms with Crippen LogP contribution in [-0.4, -0.2) is 16.1 Å². The van der Waals surface area contributed by atoms with Crippen LogP contribution in [0, 0.1) is 0 Å². The van der Waals surface area contributed by atoms with Crippen molar-refractivity contribution in [3.05, 3.63) is 45.0 Å². The molecule has 7 heteroatoms. The Bertz CT molecular complexity index is 647. The number of carbonyl (C=O) groups is 1. The zero-order valence-electron chi connectivity index (χ0n) is 9.52. The van der Waals surface area contributed by atoms with E-state index in [1.807, 2.05) is 18.2 Å². The number of anilines is 3. The van der Waals surface area contributed by atoms with Crippen LogP contribution < -0.4 is 11.1 Å². The minimum absolute atomic E-state index is 0.0649. The number of hydrogen-bond acceptors (Lipinski definition) is 4. The van der Waals surface area contributed by atoms with Gasteiger partial charge in [0.1, 0.15) is 0 Å². The van der Waals surface area contributed by atoms with Gasteiger partial charge in [-0.3, -0.25) is 0 Å². The lowest BCUT2D eigenvalue weighted by Gasteiger charge is -2.10. The SMILES string of the molecule is Nc1ccc(C(=O)O)nc1Nc1ccc(Br)cc1Br. The number of carboxylic acids is 1. The summed E-state index contributed by atoms with van der Waals surface area (Å²) in [4.78, 5) is 14.8. The molecular weight excluding hydrogens is 378 g/mol. The highest BCUT2D eigenvalue weighted by Gasteiger charge is 2.10. The largest absolute Gasteiger partial charge is 0.477 e. The predicted octanol–water partition coefficient (Wildman–Crippen LogP) is 3.63. The minimum Gasteiger partial charge on any atom is -0.477 e. The average molecular weight is 387 g/mol. The number of halogens is 2. The molecule has 0 atom stereocenters. The third-order valence-electron chi connectivity index (χ3n) is 2.33. The number of hydrogen-bond donors (Lipinski definition) is 3. The Labute approximate surface area is 126 Å². The highest BCUT2D eigenvalue weighted by Crippen LogP contribution is 2.30. The highest BCUT2D eigenvalue weighted by atomic mass is 79.9. The number of nitrogen functional groups attached to an aromatic ring is 1. The number of carboxylic acid groups (broad SMARTS) is 1. The molecule has 0 bridgehead atoms. The fraction of sp³-hybridized carbons (Fsp3) is 0. The van der Waals surface area contributed by atoms with Gasteiger partial charge in [0.2, 0.25) is 0 Å². The zero-order chi connectivity index (χ0) is 14.0. The number of nitrogens with one attached hydrogen (secondary N) is 1. The van der Waals surface area contributed by atoms with E-state index in [0.29, 0.717) is 11.5 Å². The molecule has 4 N–H and O–H groups in total. The summed E-state index contributed by atoms with van der Waals surface area (Å²) in [6.07, 6.45) is 0. The Morgan fingerprint density at radius 2 is 2.00 bits per heavy atom. The van der Waals surface area contributed by atoms with Crippen molar-refractivity contribution in [2.75, 3.05) is 11.1 Å². The molecule has 0 aliphatic rings. The van der Waals surface area contributed by atoms with Gasteiger partial charge >= 0.3 is 5.97 Å². The van der Waals surface area contributed by atoms with Crippen LogP contribution in [0.25, 0.3) is 0 Å². The number of rotatable bonds is 3. The van der Waals surface area contributed by atoms with Crippen molar-refractivity contribution in [2.24, 2.45) is 0 Å². The maximum absolute atomic E-state index is 10.9. The maximum atomic E-state index is 10.9. The second-order valence-electron chi connectivity index (χ2n) is 3.69. The Hall–Kier alpha value is -1.60. The van der Waals surface area contributed by atoms with Gasteiger partial charge in [0, 0.05) is 8.95 Å². The van der Waals surface area contributed by atoms with Gasteiger partial charge in [-0.15, -0.1) is 0 Å². The topological polar surface area (TPSA) is 88.2 Å². The summed E-state index contributed by atoms with van der Waals surface area (Å²) in [6.45, 7) is 0. The number of aromatic nitrogens is 1. The van der Waals surface area contributed by atoms with Crippen LogP contribution in [-0.2, 0) is 0 Å². The first-order valence-electron chi connectivity index (χ1n) is 5.19. The van der Waals surface area contributed by atoms with Crippen molar-refractivity contribution in [1.29, 1.82) is 0 Å². The first-order valence-corrected chi connectivity index (χ1v) is 6.78. The standard InChI is InChI=1S/C12H9Br2N3O2/c13-6-1-3-9(7(14)5-6)16-11-8(15)2-4-10(17-11)12(18)19/h1-5H,15H2,(H,16,17)(H,18,19). The van der Waals surface area contributed by atoms with Crippen LogP contribution in [0.2, 0.25) is 0 Å². The van der Waals surface area contributed by atoms with Crippen LogP contribution in [0.4, 0.5) is 17.2 Å². The summed E-state index contributed by atoms with van der Waals surface area (Å²) < 4.78 is 1.73. The fourth-order valence-electron chi connectivity index (χ4n) is 1.41. The first kappa shape index (κ1) is 13.8. The quantitative estimate of drug-likeness (QED) is 0.749. The number of pyridine rings is 1. The molecule has 0 fully saturated rings. The average Bonchev–Trinajstić information content (AvgIpc) is 2.34. The second-order valence-corrected chi connectivity index (χ2v) is 5.46. The summed E-state index contributed by atoms with van der Waals surface area (Å²) >= 11 is 6.75. The fourth-order valence-corrected chi connectivity index (χ4v) is 2.55. The van der Waals surface area contributed by atoms with Gasteiger partial charge in [-0.25, -0.2) is 9.78 Å². The van der Waals surface area contributed by atoms with Crippen molar-refractivity contribution in [1.82, 2.24) is 4.98 Å². The third kappa shape index (κ3) is 3.24. The molecule has 0 unspecified atom stereocenters. The van der Waals surface area contributed by atoms with Crippen molar-refractivity contribution in [3.8, 4) is 0 Å². The molecule has 1 aromatic carbocycles. The van der Waals surface area contributed by atoms with E-state index in [4.69, 9.17) is 10.8 Å². The van der Waals surface area contributed by atoms with Crippen LogP contribution in [0.1, 0.15) is 10.5 Å². The van der Waals surface area contributed by atoms with Crippen molar-refractivity contribution in [2.45, 2.75) is 0 Å². The Balaban J connectivity index is 2.37. The van der Waals surface area contributed by atoms with E-state index in [9.17, 15) is 4.79 Å². The lowest BCUT2D eigenvalue weighted by molar-refractivity contribution is 0.0690. The van der Waals surface area contributed by atoms with Gasteiger partial charge in [0.15, 0.2) is 11.5 Å². The van der Waals surface area contributed by atoms with E-state index in [-0.39, 0.29) is 5.69 Å². The molecule has 1 heterocycles. The number of nitrogens with zero attached hydrogens (tertiary/aromatic N) is 1. The summed E-state index contributed by atoms with van der Waals surface area (Å²) in [6, 6.07) is 8.40. The molecule has 0 aliphatic carbocycles. The maximum Gasteiger partial charge on any atom is 0.354 e. The van der Waals surface area contributed by atoms with Gasteiger partial charge in [-0.2, -0.15) is 0 Å². The van der Waals surface area contributed by atoms with Gasteiger partial charge in [0.25, 0.3) is 0 Å². The molecular formula is C12H9Br2N3O2. The number of nitrogens with two attached hydrogens (primary N) is 1. The lowest BCUT2D eigenvalue weighted by atomic mass is 10.3. The summed E-state index contributed by atoms with van der Waals surface area (Å²) in [7, 11) is 0. The Kier molecular flexibility index (Phi) is 4.06. The van der Waals surface area contributed by atoms with E-state index in [2.05, 4.69) is 42.2 Å². The van der Waals surface area contributed by atoms with Crippen LogP contribution in [0.5, 0.6) is 0 Å². The van der Waals surface area contributed by atoms with Crippen LogP contribution in [0.3, 0.4) is 0 Å². The van der Waals surface area contributed by atoms with E-state index in [1.54, 1.807) is 0 Å². The van der Waals surface area contributed by atoms with Crippen LogP contribution in [0.15, 0.2) is 39.3 Å². The molecule has 1 aromatic heterocycles. The minimum atomic E-state index is -1.10. The zero-order valence-corrected chi connectivity index (χ0v) is 12.7. The Morgan fingerprint density at radius 1 is 1.26 bits per heavy atom. The Morgan fingerprint density at radius 3 is 2.63 bits per heavy atom. The monoisotopic (exact) mass is 385 g/mol. The normalized spacial score (nSPS) is 10.2. The molecule has 0 amide bonds. The molecule has 0 saturated carbocycles. The molecule has 0 spiro atoms. The molecule has 2 rings (SSSR count). The molecule has 98 valence electrons. The number of aromatic carboxylic acids is 1. The number of benzene rings is 1. The van der Waals surface area contributed by atoms with E-state index in [0.717, 1.165) is 14.6 Å². The van der Waals surface area contributed by atoms with E-state index in [1.165, 1.54) is 12.1 Å². The van der Waals surface area contributed by atoms with Gasteiger partial charge in [-0.05, 0) is 46.3 Å². The van der Waals surface area contributed by atoms with Gasteiger partial charge in [0.05, 0.1) is 11.4 Å². The van der Waals surface area contributed by atoms with E-state index >= 15 is 0 Å². The molecule has 2 aromatic rings. The van der Waals surface area contributed by atoms with E-state index < -0.39 is 5.97 Å².